The maximum atomic E-state index is 2.27. The standard InChI is InChI=1S/C18H15Ge.BrH/c1-4-10-16(11-5-1)19(17-12-6-2-7-13-17)18-14-8-3-9-15-18;/h1-15H;1H/q+1;/p-1. The predicted octanol–water partition coefficient (Wildman–Crippen LogP) is -0.793. The third-order valence-electron chi connectivity index (χ3n) is 3.19. The van der Waals surface area contributed by atoms with E-state index < -0.39 is 14.3 Å². The van der Waals surface area contributed by atoms with Gasteiger partial charge in [0.05, 0.1) is 0 Å². The van der Waals surface area contributed by atoms with Crippen molar-refractivity contribution in [2.75, 3.05) is 0 Å². The van der Waals surface area contributed by atoms with Crippen LogP contribution in [0, 0.1) is 0 Å². The van der Waals surface area contributed by atoms with Crippen molar-refractivity contribution in [2.24, 2.45) is 0 Å². The van der Waals surface area contributed by atoms with Gasteiger partial charge in [-0.3, -0.25) is 0 Å². The zero-order valence-corrected chi connectivity index (χ0v) is 14.7. The van der Waals surface area contributed by atoms with E-state index in [9.17, 15) is 0 Å². The molecule has 3 aromatic rings. The Morgan fingerprint density at radius 2 is 0.650 bits per heavy atom. The molecule has 3 aromatic carbocycles. The Morgan fingerprint density at radius 1 is 0.400 bits per heavy atom. The summed E-state index contributed by atoms with van der Waals surface area (Å²) >= 11 is -1.63. The van der Waals surface area contributed by atoms with Gasteiger partial charge >= 0.3 is 119 Å². The third-order valence-corrected chi connectivity index (χ3v) is 8.92. The van der Waals surface area contributed by atoms with Crippen LogP contribution in [0.3, 0.4) is 0 Å². The molecule has 20 heavy (non-hydrogen) atoms. The van der Waals surface area contributed by atoms with Crippen LogP contribution in [-0.2, 0) is 0 Å². The molecule has 0 radical (unpaired) electrons. The van der Waals surface area contributed by atoms with E-state index in [1.54, 1.807) is 0 Å². The maximum absolute atomic E-state index is 2.27. The SMILES string of the molecule is [Br-].c1cc[c]([Ge+]([c]2ccccc2)[c]2ccccc2)cc1. The summed E-state index contributed by atoms with van der Waals surface area (Å²) in [7, 11) is 0. The molecule has 0 aliphatic rings. The Bertz CT molecular complexity index is 529. The van der Waals surface area contributed by atoms with Crippen LogP contribution in [0.25, 0.3) is 0 Å². The summed E-state index contributed by atoms with van der Waals surface area (Å²) in [6.45, 7) is 0. The van der Waals surface area contributed by atoms with Crippen molar-refractivity contribution < 1.29 is 17.0 Å². The molecule has 0 heterocycles. The van der Waals surface area contributed by atoms with Crippen molar-refractivity contribution >= 4 is 27.5 Å². The third kappa shape index (κ3) is 3.41. The van der Waals surface area contributed by atoms with E-state index in [0.29, 0.717) is 0 Å². The zero-order valence-electron chi connectivity index (χ0n) is 11.0. The second-order valence-electron chi connectivity index (χ2n) is 4.47. The first-order chi connectivity index (χ1) is 9.45. The fraction of sp³-hybridized carbons (Fsp3) is 0. The summed E-state index contributed by atoms with van der Waals surface area (Å²) in [5.41, 5.74) is 0. The molecule has 0 aliphatic carbocycles. The average molecular weight is 384 g/mol. The predicted molar refractivity (Wildman–Crippen MR) is 84.0 cm³/mol. The second-order valence-corrected chi connectivity index (χ2v) is 9.68. The molecule has 0 unspecified atom stereocenters. The number of hydrogen-bond donors (Lipinski definition) is 0. The van der Waals surface area contributed by atoms with E-state index in [1.165, 1.54) is 13.2 Å². The van der Waals surface area contributed by atoms with Crippen molar-refractivity contribution in [3.63, 3.8) is 0 Å². The summed E-state index contributed by atoms with van der Waals surface area (Å²) in [6.07, 6.45) is 0. The van der Waals surface area contributed by atoms with E-state index in [2.05, 4.69) is 91.0 Å². The fourth-order valence-corrected chi connectivity index (χ4v) is 7.72. The summed E-state index contributed by atoms with van der Waals surface area (Å²) in [6, 6.07) is 32.8. The minimum atomic E-state index is -1.63. The van der Waals surface area contributed by atoms with Crippen LogP contribution in [0.15, 0.2) is 91.0 Å². The molecule has 0 atom stereocenters. The van der Waals surface area contributed by atoms with Crippen LogP contribution in [0.5, 0.6) is 0 Å². The Kier molecular flexibility index (Phi) is 5.63. The molecular weight excluding hydrogens is 369 g/mol. The summed E-state index contributed by atoms with van der Waals surface area (Å²) in [5.74, 6) is 0. The molecule has 2 heteroatoms. The van der Waals surface area contributed by atoms with Crippen molar-refractivity contribution in [3.05, 3.63) is 91.0 Å². The fourth-order valence-electron chi connectivity index (χ4n) is 2.31. The number of rotatable bonds is 3. The van der Waals surface area contributed by atoms with Gasteiger partial charge in [0.2, 0.25) is 0 Å². The van der Waals surface area contributed by atoms with Crippen LogP contribution >= 0.6 is 0 Å². The number of halogens is 1. The summed E-state index contributed by atoms with van der Waals surface area (Å²) < 4.78 is 4.50. The average Bonchev–Trinajstić information content (AvgIpc) is 2.51. The van der Waals surface area contributed by atoms with Gasteiger partial charge in [0.1, 0.15) is 0 Å². The van der Waals surface area contributed by atoms with Crippen LogP contribution in [-0.4, -0.2) is 14.3 Å². The molecule has 0 aliphatic heterocycles. The monoisotopic (exact) mass is 384 g/mol. The van der Waals surface area contributed by atoms with Crippen LogP contribution in [0.1, 0.15) is 0 Å². The second kappa shape index (κ2) is 7.46. The van der Waals surface area contributed by atoms with E-state index in [0.717, 1.165) is 0 Å². The van der Waals surface area contributed by atoms with Gasteiger partial charge in [-0.05, 0) is 0 Å². The molecule has 0 amide bonds. The normalized spacial score (nSPS) is 9.60. The van der Waals surface area contributed by atoms with Gasteiger partial charge in [-0.2, -0.15) is 0 Å². The molecule has 0 nitrogen and oxygen atoms in total. The molecule has 0 saturated heterocycles. The van der Waals surface area contributed by atoms with E-state index >= 15 is 0 Å². The Morgan fingerprint density at radius 3 is 0.900 bits per heavy atom. The Balaban J connectivity index is 0.00000147. The zero-order chi connectivity index (χ0) is 12.9. The van der Waals surface area contributed by atoms with Gasteiger partial charge in [-0.1, -0.05) is 0 Å². The van der Waals surface area contributed by atoms with Crippen LogP contribution < -0.4 is 30.2 Å². The first-order valence-electron chi connectivity index (χ1n) is 6.48. The molecule has 0 bridgehead atoms. The topological polar surface area (TPSA) is 0 Å². The number of benzene rings is 3. The van der Waals surface area contributed by atoms with Crippen LogP contribution in [0.2, 0.25) is 0 Å². The van der Waals surface area contributed by atoms with Gasteiger partial charge < -0.3 is 17.0 Å². The first kappa shape index (κ1) is 15.1. The van der Waals surface area contributed by atoms with Crippen molar-refractivity contribution in [1.29, 1.82) is 0 Å². The van der Waals surface area contributed by atoms with Gasteiger partial charge in [-0.15, -0.1) is 0 Å². The van der Waals surface area contributed by atoms with Crippen molar-refractivity contribution in [2.45, 2.75) is 0 Å². The van der Waals surface area contributed by atoms with E-state index in [4.69, 9.17) is 0 Å². The Labute approximate surface area is 135 Å². The number of hydrogen-bond acceptors (Lipinski definition) is 0. The van der Waals surface area contributed by atoms with Crippen molar-refractivity contribution in [1.82, 2.24) is 0 Å². The van der Waals surface area contributed by atoms with Gasteiger partial charge in [0.25, 0.3) is 0 Å². The quantitative estimate of drug-likeness (QED) is 0.520. The van der Waals surface area contributed by atoms with Crippen LogP contribution in [0.4, 0.5) is 0 Å². The molecule has 3 rings (SSSR count). The molecule has 0 N–H and O–H groups in total. The Hall–Kier alpha value is -1.32. The molecule has 0 saturated carbocycles. The van der Waals surface area contributed by atoms with Gasteiger partial charge in [0, 0.05) is 0 Å². The van der Waals surface area contributed by atoms with Gasteiger partial charge in [-0.25, -0.2) is 0 Å². The molecular formula is C18H15BrGe. The van der Waals surface area contributed by atoms with Crippen molar-refractivity contribution in [3.8, 4) is 0 Å². The van der Waals surface area contributed by atoms with Gasteiger partial charge in [0.15, 0.2) is 0 Å². The summed E-state index contributed by atoms with van der Waals surface area (Å²) in [4.78, 5) is 0. The van der Waals surface area contributed by atoms with E-state index in [-0.39, 0.29) is 17.0 Å². The molecule has 0 spiro atoms. The molecule has 0 aromatic heterocycles. The molecule has 0 fully saturated rings. The summed E-state index contributed by atoms with van der Waals surface area (Å²) in [5, 5.41) is 0. The minimum absolute atomic E-state index is 0. The first-order valence-corrected chi connectivity index (χ1v) is 9.63. The molecule has 98 valence electrons. The van der Waals surface area contributed by atoms with E-state index in [1.807, 2.05) is 0 Å².